The van der Waals surface area contributed by atoms with Crippen LogP contribution in [0, 0.1) is 5.41 Å². The van der Waals surface area contributed by atoms with Gasteiger partial charge >= 0.3 is 0 Å². The molecule has 2 nitrogen and oxygen atoms in total. The maximum absolute atomic E-state index is 3.42. The van der Waals surface area contributed by atoms with Gasteiger partial charge in [-0.05, 0) is 43.0 Å². The average molecular weight is 214 g/mol. The van der Waals surface area contributed by atoms with E-state index in [2.05, 4.69) is 28.4 Å². The van der Waals surface area contributed by atoms with Crippen molar-refractivity contribution >= 4 is 11.4 Å². The first kappa shape index (κ1) is 8.91. The van der Waals surface area contributed by atoms with E-state index in [0.717, 1.165) is 12.0 Å². The number of nitrogens with one attached hydrogen (secondary N) is 1. The summed E-state index contributed by atoms with van der Waals surface area (Å²) in [5.74, 6) is 0. The highest BCUT2D eigenvalue weighted by Gasteiger charge is 2.47. The third kappa shape index (κ3) is 1.13. The average Bonchev–Trinajstić information content (AvgIpc) is 2.60. The highest BCUT2D eigenvalue weighted by Crippen LogP contribution is 2.49. The molecule has 1 N–H and O–H groups in total. The molecule has 2 aliphatic heterocycles. The van der Waals surface area contributed by atoms with Crippen molar-refractivity contribution in [2.75, 3.05) is 29.9 Å². The Kier molecular flexibility index (Phi) is 1.63. The summed E-state index contributed by atoms with van der Waals surface area (Å²) in [6.07, 6.45) is 5.59. The molecule has 0 radical (unpaired) electrons. The number of rotatable bonds is 1. The zero-order chi connectivity index (χ0) is 10.6. The van der Waals surface area contributed by atoms with Gasteiger partial charge in [-0.3, -0.25) is 0 Å². The maximum Gasteiger partial charge on any atom is 0.0375 e. The molecule has 0 unspecified atom stereocenters. The van der Waals surface area contributed by atoms with Crippen LogP contribution in [0.4, 0.5) is 11.4 Å². The molecule has 3 aliphatic rings. The molecule has 2 heteroatoms. The smallest absolute Gasteiger partial charge is 0.0375 e. The molecular weight excluding hydrogens is 196 g/mol. The van der Waals surface area contributed by atoms with Crippen molar-refractivity contribution in [1.29, 1.82) is 0 Å². The van der Waals surface area contributed by atoms with Crippen LogP contribution in [0.3, 0.4) is 0 Å². The van der Waals surface area contributed by atoms with Gasteiger partial charge in [0, 0.05) is 36.4 Å². The van der Waals surface area contributed by atoms with Crippen molar-refractivity contribution in [3.63, 3.8) is 0 Å². The van der Waals surface area contributed by atoms with Crippen LogP contribution in [-0.2, 0) is 6.42 Å². The zero-order valence-electron chi connectivity index (χ0n) is 9.63. The van der Waals surface area contributed by atoms with Crippen molar-refractivity contribution in [2.45, 2.75) is 25.7 Å². The van der Waals surface area contributed by atoms with Gasteiger partial charge in [0.1, 0.15) is 0 Å². The van der Waals surface area contributed by atoms with E-state index in [1.54, 1.807) is 0 Å². The standard InChI is InChI=1S/C14H18N2/c1-5-14(6-1)9-16(10-14)12-2-3-13-11(8-12)4-7-15-13/h2-3,8,15H,1,4-7,9-10H2. The Morgan fingerprint density at radius 3 is 2.81 bits per heavy atom. The number of hydrogen-bond donors (Lipinski definition) is 1. The minimum atomic E-state index is 0.733. The lowest BCUT2D eigenvalue weighted by atomic mass is 9.63. The summed E-state index contributed by atoms with van der Waals surface area (Å²) in [4.78, 5) is 2.55. The van der Waals surface area contributed by atoms with Gasteiger partial charge in [0.15, 0.2) is 0 Å². The Hall–Kier alpha value is -1.18. The van der Waals surface area contributed by atoms with Gasteiger partial charge < -0.3 is 10.2 Å². The summed E-state index contributed by atoms with van der Waals surface area (Å²) in [7, 11) is 0. The maximum atomic E-state index is 3.42. The van der Waals surface area contributed by atoms with E-state index in [1.807, 2.05) is 0 Å². The van der Waals surface area contributed by atoms with Crippen LogP contribution in [-0.4, -0.2) is 19.6 Å². The monoisotopic (exact) mass is 214 g/mol. The van der Waals surface area contributed by atoms with E-state index < -0.39 is 0 Å². The normalized spacial score (nSPS) is 24.6. The predicted molar refractivity (Wildman–Crippen MR) is 67.1 cm³/mol. The topological polar surface area (TPSA) is 15.3 Å². The highest BCUT2D eigenvalue weighted by atomic mass is 15.2. The summed E-state index contributed by atoms with van der Waals surface area (Å²) in [6, 6.07) is 6.92. The summed E-state index contributed by atoms with van der Waals surface area (Å²) < 4.78 is 0. The third-order valence-corrected chi connectivity index (χ3v) is 4.63. The molecule has 2 heterocycles. The molecule has 1 saturated heterocycles. The number of nitrogens with zero attached hydrogens (tertiary/aromatic N) is 1. The predicted octanol–water partition coefficient (Wildman–Crippen LogP) is 2.64. The number of benzene rings is 1. The first-order valence-electron chi connectivity index (χ1n) is 6.47. The molecule has 1 aliphatic carbocycles. The third-order valence-electron chi connectivity index (χ3n) is 4.63. The van der Waals surface area contributed by atoms with Crippen LogP contribution < -0.4 is 10.2 Å². The lowest BCUT2D eigenvalue weighted by Crippen LogP contribution is -2.59. The summed E-state index contributed by atoms with van der Waals surface area (Å²) in [5.41, 5.74) is 5.03. The lowest BCUT2D eigenvalue weighted by Gasteiger charge is -2.57. The van der Waals surface area contributed by atoms with Gasteiger partial charge in [-0.15, -0.1) is 0 Å². The van der Waals surface area contributed by atoms with Crippen LogP contribution in [0.25, 0.3) is 0 Å². The molecule has 0 bridgehead atoms. The van der Waals surface area contributed by atoms with Crippen molar-refractivity contribution in [3.8, 4) is 0 Å². The van der Waals surface area contributed by atoms with Gasteiger partial charge in [0.2, 0.25) is 0 Å². The van der Waals surface area contributed by atoms with E-state index in [9.17, 15) is 0 Å². The Morgan fingerprint density at radius 1 is 1.19 bits per heavy atom. The molecule has 16 heavy (non-hydrogen) atoms. The summed E-state index contributed by atoms with van der Waals surface area (Å²) >= 11 is 0. The first-order valence-corrected chi connectivity index (χ1v) is 6.47. The minimum Gasteiger partial charge on any atom is -0.384 e. The van der Waals surface area contributed by atoms with Crippen LogP contribution in [0.5, 0.6) is 0 Å². The van der Waals surface area contributed by atoms with Crippen molar-refractivity contribution in [2.24, 2.45) is 5.41 Å². The highest BCUT2D eigenvalue weighted by molar-refractivity contribution is 5.64. The van der Waals surface area contributed by atoms with Crippen molar-refractivity contribution < 1.29 is 0 Å². The van der Waals surface area contributed by atoms with E-state index in [0.29, 0.717) is 0 Å². The summed E-state index contributed by atoms with van der Waals surface area (Å²) in [5, 5.41) is 3.42. The van der Waals surface area contributed by atoms with E-state index >= 15 is 0 Å². The number of anilines is 2. The quantitative estimate of drug-likeness (QED) is 0.773. The molecule has 2 fully saturated rings. The molecule has 0 atom stereocenters. The van der Waals surface area contributed by atoms with Gasteiger partial charge in [-0.25, -0.2) is 0 Å². The fraction of sp³-hybridized carbons (Fsp3) is 0.571. The Balaban J connectivity index is 1.55. The fourth-order valence-corrected chi connectivity index (χ4v) is 3.43. The molecular formula is C14H18N2. The lowest BCUT2D eigenvalue weighted by molar-refractivity contribution is 0.0904. The molecule has 1 spiro atoms. The Labute approximate surface area is 96.6 Å². The van der Waals surface area contributed by atoms with E-state index in [4.69, 9.17) is 0 Å². The summed E-state index contributed by atoms with van der Waals surface area (Å²) in [6.45, 7) is 3.72. The Morgan fingerprint density at radius 2 is 2.06 bits per heavy atom. The second-order valence-corrected chi connectivity index (χ2v) is 5.73. The molecule has 1 aromatic rings. The molecule has 4 rings (SSSR count). The molecule has 1 aromatic carbocycles. The molecule has 84 valence electrons. The van der Waals surface area contributed by atoms with Gasteiger partial charge in [0.25, 0.3) is 0 Å². The van der Waals surface area contributed by atoms with Crippen LogP contribution >= 0.6 is 0 Å². The SMILES string of the molecule is c1cc2c(cc1N1CC3(CCC3)C1)CCN2. The van der Waals surface area contributed by atoms with Crippen LogP contribution in [0.15, 0.2) is 18.2 Å². The van der Waals surface area contributed by atoms with Crippen molar-refractivity contribution in [3.05, 3.63) is 23.8 Å². The molecule has 0 amide bonds. The number of hydrogen-bond acceptors (Lipinski definition) is 2. The fourth-order valence-electron chi connectivity index (χ4n) is 3.43. The molecule has 0 aromatic heterocycles. The largest absolute Gasteiger partial charge is 0.384 e. The van der Waals surface area contributed by atoms with Crippen molar-refractivity contribution in [1.82, 2.24) is 0 Å². The Bertz CT molecular complexity index is 426. The second kappa shape index (κ2) is 2.93. The van der Waals surface area contributed by atoms with Crippen LogP contribution in [0.2, 0.25) is 0 Å². The zero-order valence-corrected chi connectivity index (χ0v) is 9.63. The number of fused-ring (bicyclic) bond motifs is 1. The van der Waals surface area contributed by atoms with Crippen LogP contribution in [0.1, 0.15) is 24.8 Å². The van der Waals surface area contributed by atoms with Gasteiger partial charge in [-0.2, -0.15) is 0 Å². The minimum absolute atomic E-state index is 0.733. The second-order valence-electron chi connectivity index (χ2n) is 5.73. The molecule has 1 saturated carbocycles. The van der Waals surface area contributed by atoms with Gasteiger partial charge in [0.05, 0.1) is 0 Å². The van der Waals surface area contributed by atoms with E-state index in [1.165, 1.54) is 55.7 Å². The van der Waals surface area contributed by atoms with Gasteiger partial charge in [-0.1, -0.05) is 6.42 Å². The first-order chi connectivity index (χ1) is 7.85. The van der Waals surface area contributed by atoms with E-state index in [-0.39, 0.29) is 0 Å².